The Morgan fingerprint density at radius 3 is 2.22 bits per heavy atom. The summed E-state index contributed by atoms with van der Waals surface area (Å²) >= 11 is 5.13. The number of hydrogen-bond donors (Lipinski definition) is 4. The van der Waals surface area contributed by atoms with Gasteiger partial charge in [0.25, 0.3) is 0 Å². The van der Waals surface area contributed by atoms with Crippen molar-refractivity contribution in [2.45, 2.75) is 26.4 Å². The lowest BCUT2D eigenvalue weighted by atomic mass is 10.2. The molecule has 0 aliphatic carbocycles. The van der Waals surface area contributed by atoms with Gasteiger partial charge in [-0.25, -0.2) is 4.79 Å². The summed E-state index contributed by atoms with van der Waals surface area (Å²) in [5.74, 6) is -0.481. The number of benzene rings is 1. The van der Waals surface area contributed by atoms with Gasteiger partial charge >= 0.3 is 6.09 Å². The molecule has 0 radical (unpaired) electrons. The van der Waals surface area contributed by atoms with Crippen molar-refractivity contribution in [3.8, 4) is 0 Å². The van der Waals surface area contributed by atoms with Crippen LogP contribution >= 0.6 is 12.2 Å². The van der Waals surface area contributed by atoms with Crippen molar-refractivity contribution in [2.24, 2.45) is 5.73 Å². The summed E-state index contributed by atoms with van der Waals surface area (Å²) in [5, 5.41) is 8.93. The van der Waals surface area contributed by atoms with Crippen LogP contribution in [0.25, 0.3) is 0 Å². The van der Waals surface area contributed by atoms with Crippen LogP contribution in [0.4, 0.5) is 10.5 Å². The SMILES string of the molecule is CC(C)(C)OC(=O)NCCNC(=S)Nc1ccc(C(N)=O)cc1. The highest BCUT2D eigenvalue weighted by atomic mass is 32.1. The molecule has 0 fully saturated rings. The fraction of sp³-hybridized carbons (Fsp3) is 0.400. The Bertz CT molecular complexity index is 567. The molecule has 0 saturated carbocycles. The molecule has 0 unspecified atom stereocenters. The first kappa shape index (κ1) is 18.7. The molecule has 0 atom stereocenters. The van der Waals surface area contributed by atoms with Gasteiger partial charge in [-0.3, -0.25) is 4.79 Å². The first-order valence-corrected chi connectivity index (χ1v) is 7.50. The maximum absolute atomic E-state index is 11.4. The largest absolute Gasteiger partial charge is 0.444 e. The minimum absolute atomic E-state index is 0.372. The van der Waals surface area contributed by atoms with Crippen LogP contribution in [-0.4, -0.2) is 35.8 Å². The van der Waals surface area contributed by atoms with Gasteiger partial charge < -0.3 is 26.4 Å². The smallest absolute Gasteiger partial charge is 0.407 e. The zero-order chi connectivity index (χ0) is 17.5. The van der Waals surface area contributed by atoms with Gasteiger partial charge in [0, 0.05) is 24.3 Å². The van der Waals surface area contributed by atoms with Crippen molar-refractivity contribution in [1.29, 1.82) is 0 Å². The molecule has 0 aromatic heterocycles. The number of nitrogens with one attached hydrogen (secondary N) is 3. The number of anilines is 1. The number of rotatable bonds is 5. The van der Waals surface area contributed by atoms with E-state index < -0.39 is 17.6 Å². The number of carbonyl (C=O) groups excluding carboxylic acids is 2. The zero-order valence-electron chi connectivity index (χ0n) is 13.4. The molecular formula is C15H22N4O3S. The average Bonchev–Trinajstić information content (AvgIpc) is 2.42. The van der Waals surface area contributed by atoms with Crippen LogP contribution in [0.15, 0.2) is 24.3 Å². The predicted molar refractivity (Wildman–Crippen MR) is 93.4 cm³/mol. The standard InChI is InChI=1S/C15H22N4O3S/c1-15(2,3)22-14(21)18-9-8-17-13(23)19-11-6-4-10(5-7-11)12(16)20/h4-7H,8-9H2,1-3H3,(H2,16,20)(H,18,21)(H2,17,19,23). The van der Waals surface area contributed by atoms with Crippen molar-refractivity contribution in [3.63, 3.8) is 0 Å². The summed E-state index contributed by atoms with van der Waals surface area (Å²) in [6, 6.07) is 6.62. The summed E-state index contributed by atoms with van der Waals surface area (Å²) < 4.78 is 5.11. The number of ether oxygens (including phenoxy) is 1. The maximum atomic E-state index is 11.4. The Hall–Kier alpha value is -2.35. The summed E-state index contributed by atoms with van der Waals surface area (Å²) in [5.41, 5.74) is 5.80. The second-order valence-corrected chi connectivity index (χ2v) is 6.16. The Labute approximate surface area is 141 Å². The third-order valence-corrected chi connectivity index (χ3v) is 2.75. The number of primary amides is 1. The van der Waals surface area contributed by atoms with Crippen LogP contribution in [0, 0.1) is 0 Å². The zero-order valence-corrected chi connectivity index (χ0v) is 14.3. The number of amides is 2. The number of hydrogen-bond acceptors (Lipinski definition) is 4. The van der Waals surface area contributed by atoms with Crippen molar-refractivity contribution in [1.82, 2.24) is 10.6 Å². The predicted octanol–water partition coefficient (Wildman–Crippen LogP) is 1.60. The van der Waals surface area contributed by atoms with Gasteiger partial charge in [0.1, 0.15) is 5.60 Å². The Morgan fingerprint density at radius 2 is 1.70 bits per heavy atom. The summed E-state index contributed by atoms with van der Waals surface area (Å²) in [4.78, 5) is 22.4. The van der Waals surface area contributed by atoms with Crippen LogP contribution in [0.2, 0.25) is 0 Å². The molecule has 0 aliphatic heterocycles. The summed E-state index contributed by atoms with van der Waals surface area (Å²) in [6.07, 6.45) is -0.472. The Kier molecular flexibility index (Phi) is 6.77. The van der Waals surface area contributed by atoms with Crippen molar-refractivity contribution >= 4 is 35.0 Å². The van der Waals surface area contributed by atoms with E-state index >= 15 is 0 Å². The molecule has 5 N–H and O–H groups in total. The first-order chi connectivity index (χ1) is 10.7. The van der Waals surface area contributed by atoms with Crippen LogP contribution in [-0.2, 0) is 4.74 Å². The number of nitrogens with two attached hydrogens (primary N) is 1. The third-order valence-electron chi connectivity index (χ3n) is 2.51. The van der Waals surface area contributed by atoms with Gasteiger partial charge in [-0.2, -0.15) is 0 Å². The van der Waals surface area contributed by atoms with E-state index in [1.165, 1.54) is 0 Å². The van der Waals surface area contributed by atoms with E-state index in [1.807, 2.05) is 0 Å². The highest BCUT2D eigenvalue weighted by Crippen LogP contribution is 2.09. The van der Waals surface area contributed by atoms with Crippen molar-refractivity contribution in [2.75, 3.05) is 18.4 Å². The minimum atomic E-state index is -0.522. The van der Waals surface area contributed by atoms with E-state index in [0.717, 1.165) is 5.69 Å². The molecule has 0 spiro atoms. The van der Waals surface area contributed by atoms with Gasteiger partial charge in [0.2, 0.25) is 5.91 Å². The first-order valence-electron chi connectivity index (χ1n) is 7.09. The Morgan fingerprint density at radius 1 is 1.13 bits per heavy atom. The number of carbonyl (C=O) groups is 2. The van der Waals surface area contributed by atoms with Gasteiger partial charge in [-0.15, -0.1) is 0 Å². The van der Waals surface area contributed by atoms with E-state index in [0.29, 0.717) is 23.8 Å². The molecule has 0 saturated heterocycles. The van der Waals surface area contributed by atoms with Crippen molar-refractivity contribution < 1.29 is 14.3 Å². The quantitative estimate of drug-likeness (QED) is 0.480. The minimum Gasteiger partial charge on any atom is -0.444 e. The molecule has 126 valence electrons. The second-order valence-electron chi connectivity index (χ2n) is 5.75. The molecule has 23 heavy (non-hydrogen) atoms. The van der Waals surface area contributed by atoms with E-state index in [-0.39, 0.29) is 0 Å². The fourth-order valence-electron chi connectivity index (χ4n) is 1.55. The normalized spacial score (nSPS) is 10.6. The molecule has 7 nitrogen and oxygen atoms in total. The number of thiocarbonyl (C=S) groups is 1. The molecule has 8 heteroatoms. The third kappa shape index (κ3) is 8.01. The Balaban J connectivity index is 2.27. The van der Waals surface area contributed by atoms with E-state index in [1.54, 1.807) is 45.0 Å². The lowest BCUT2D eigenvalue weighted by Gasteiger charge is -2.19. The molecule has 1 aromatic carbocycles. The second kappa shape index (κ2) is 8.33. The molecule has 0 aliphatic rings. The average molecular weight is 338 g/mol. The molecule has 2 amide bonds. The van der Waals surface area contributed by atoms with Crippen LogP contribution < -0.4 is 21.7 Å². The molecule has 0 bridgehead atoms. The summed E-state index contributed by atoms with van der Waals surface area (Å²) in [6.45, 7) is 6.22. The fourth-order valence-corrected chi connectivity index (χ4v) is 1.77. The van der Waals surface area contributed by atoms with Crippen LogP contribution in [0.3, 0.4) is 0 Å². The molecule has 1 rings (SSSR count). The molecule has 0 heterocycles. The van der Waals surface area contributed by atoms with Crippen molar-refractivity contribution in [3.05, 3.63) is 29.8 Å². The van der Waals surface area contributed by atoms with Gasteiger partial charge in [0.05, 0.1) is 0 Å². The van der Waals surface area contributed by atoms with Gasteiger partial charge in [0.15, 0.2) is 5.11 Å². The lowest BCUT2D eigenvalue weighted by Crippen LogP contribution is -2.39. The molecule has 1 aromatic rings. The highest BCUT2D eigenvalue weighted by molar-refractivity contribution is 7.80. The van der Waals surface area contributed by atoms with Crippen LogP contribution in [0.1, 0.15) is 31.1 Å². The topological polar surface area (TPSA) is 105 Å². The monoisotopic (exact) mass is 338 g/mol. The van der Waals surface area contributed by atoms with Gasteiger partial charge in [-0.1, -0.05) is 0 Å². The highest BCUT2D eigenvalue weighted by Gasteiger charge is 2.15. The maximum Gasteiger partial charge on any atom is 0.407 e. The van der Waals surface area contributed by atoms with Crippen LogP contribution in [0.5, 0.6) is 0 Å². The van der Waals surface area contributed by atoms with E-state index in [4.69, 9.17) is 22.7 Å². The van der Waals surface area contributed by atoms with E-state index in [2.05, 4.69) is 16.0 Å². The number of alkyl carbamates (subject to hydrolysis) is 1. The lowest BCUT2D eigenvalue weighted by molar-refractivity contribution is 0.0528. The molecular weight excluding hydrogens is 316 g/mol. The summed E-state index contributed by atoms with van der Waals surface area (Å²) in [7, 11) is 0. The van der Waals surface area contributed by atoms with Gasteiger partial charge in [-0.05, 0) is 57.3 Å². The van der Waals surface area contributed by atoms with E-state index in [9.17, 15) is 9.59 Å².